The predicted octanol–water partition coefficient (Wildman–Crippen LogP) is 3.74. The molecule has 1 rings (SSSR count). The number of benzene rings is 1. The molecule has 12 heavy (non-hydrogen) atoms. The number of allylic oxidation sites excluding steroid dienone is 1. The first kappa shape index (κ1) is 9.40. The Balaban J connectivity index is 2.44. The Morgan fingerprint density at radius 1 is 1.33 bits per heavy atom. The van der Waals surface area contributed by atoms with E-state index in [1.807, 2.05) is 17.8 Å². The van der Waals surface area contributed by atoms with Gasteiger partial charge in [0.1, 0.15) is 0 Å². The maximum absolute atomic E-state index is 2.16. The zero-order valence-corrected chi connectivity index (χ0v) is 8.40. The highest BCUT2D eigenvalue weighted by atomic mass is 32.2. The fourth-order valence-electron chi connectivity index (χ4n) is 0.797. The molecule has 1 heteroatoms. The van der Waals surface area contributed by atoms with Crippen LogP contribution >= 0.6 is 11.8 Å². The number of hydrogen-bond donors (Lipinski definition) is 0. The monoisotopic (exact) mass is 178 g/mol. The summed E-state index contributed by atoms with van der Waals surface area (Å²) in [7, 11) is 0. The van der Waals surface area contributed by atoms with Gasteiger partial charge in [0.2, 0.25) is 0 Å². The molecule has 0 bridgehead atoms. The summed E-state index contributed by atoms with van der Waals surface area (Å²) in [4.78, 5) is 1.35. The van der Waals surface area contributed by atoms with Gasteiger partial charge >= 0.3 is 0 Å². The lowest BCUT2D eigenvalue weighted by Crippen LogP contribution is -1.79. The molecule has 0 fully saturated rings. The van der Waals surface area contributed by atoms with E-state index in [1.54, 1.807) is 0 Å². The van der Waals surface area contributed by atoms with Crippen LogP contribution in [0.4, 0.5) is 0 Å². The van der Waals surface area contributed by atoms with E-state index >= 15 is 0 Å². The second-order valence-electron chi connectivity index (χ2n) is 2.74. The summed E-state index contributed by atoms with van der Waals surface area (Å²) in [5.74, 6) is 1.10. The van der Waals surface area contributed by atoms with Gasteiger partial charge in [0.25, 0.3) is 0 Å². The van der Waals surface area contributed by atoms with Crippen molar-refractivity contribution in [3.63, 3.8) is 0 Å². The van der Waals surface area contributed by atoms with Crippen molar-refractivity contribution in [2.45, 2.75) is 18.7 Å². The van der Waals surface area contributed by atoms with Gasteiger partial charge in [-0.2, -0.15) is 0 Å². The van der Waals surface area contributed by atoms with Gasteiger partial charge in [-0.3, -0.25) is 0 Å². The van der Waals surface area contributed by atoms with E-state index in [0.717, 1.165) is 5.75 Å². The van der Waals surface area contributed by atoms with Crippen LogP contribution < -0.4 is 0 Å². The van der Waals surface area contributed by atoms with Gasteiger partial charge in [0.15, 0.2) is 0 Å². The fourth-order valence-corrected chi connectivity index (χ4v) is 1.71. The highest BCUT2D eigenvalue weighted by Crippen LogP contribution is 2.19. The summed E-state index contributed by atoms with van der Waals surface area (Å²) in [6, 6.07) is 10.5. The van der Waals surface area contributed by atoms with Crippen LogP contribution in [0.3, 0.4) is 0 Å². The highest BCUT2D eigenvalue weighted by Gasteiger charge is 1.91. The Morgan fingerprint density at radius 3 is 2.58 bits per heavy atom. The lowest BCUT2D eigenvalue weighted by atomic mass is 10.3. The summed E-state index contributed by atoms with van der Waals surface area (Å²) >= 11 is 1.88. The van der Waals surface area contributed by atoms with Crippen molar-refractivity contribution in [1.29, 1.82) is 0 Å². The topological polar surface area (TPSA) is 0 Å². The molecule has 0 amide bonds. The zero-order valence-electron chi connectivity index (χ0n) is 7.58. The SMILES string of the molecule is C/C=C(\C)CSc1ccccc1. The first-order valence-electron chi connectivity index (χ1n) is 4.12. The van der Waals surface area contributed by atoms with Crippen molar-refractivity contribution in [2.75, 3.05) is 5.75 Å². The number of rotatable bonds is 3. The molecule has 0 radical (unpaired) electrons. The smallest absolute Gasteiger partial charge is 0.0187 e. The molecule has 0 aliphatic rings. The Kier molecular flexibility index (Phi) is 3.95. The molecule has 64 valence electrons. The van der Waals surface area contributed by atoms with Crippen molar-refractivity contribution in [2.24, 2.45) is 0 Å². The lowest BCUT2D eigenvalue weighted by molar-refractivity contribution is 1.36. The van der Waals surface area contributed by atoms with E-state index < -0.39 is 0 Å². The van der Waals surface area contributed by atoms with Gasteiger partial charge in [-0.05, 0) is 26.0 Å². The average Bonchev–Trinajstić information content (AvgIpc) is 2.16. The third kappa shape index (κ3) is 3.14. The average molecular weight is 178 g/mol. The molecule has 0 unspecified atom stereocenters. The third-order valence-electron chi connectivity index (χ3n) is 1.70. The molecule has 0 spiro atoms. The number of thioether (sulfide) groups is 1. The summed E-state index contributed by atoms with van der Waals surface area (Å²) < 4.78 is 0. The van der Waals surface area contributed by atoms with Crippen molar-refractivity contribution in [3.05, 3.63) is 42.0 Å². The van der Waals surface area contributed by atoms with Crippen LogP contribution in [-0.4, -0.2) is 5.75 Å². The Hall–Kier alpha value is -0.690. The second-order valence-corrected chi connectivity index (χ2v) is 3.79. The van der Waals surface area contributed by atoms with Crippen LogP contribution in [0.15, 0.2) is 46.9 Å². The Labute approximate surface area is 78.7 Å². The second kappa shape index (κ2) is 5.04. The summed E-state index contributed by atoms with van der Waals surface area (Å²) in [6.45, 7) is 4.25. The Bertz CT molecular complexity index is 249. The molecule has 0 saturated heterocycles. The Morgan fingerprint density at radius 2 is 2.00 bits per heavy atom. The van der Waals surface area contributed by atoms with Gasteiger partial charge in [0.05, 0.1) is 0 Å². The molecular formula is C11H14S. The van der Waals surface area contributed by atoms with Gasteiger partial charge in [0, 0.05) is 10.6 Å². The van der Waals surface area contributed by atoms with Gasteiger partial charge in [-0.25, -0.2) is 0 Å². The van der Waals surface area contributed by atoms with Gasteiger partial charge in [-0.1, -0.05) is 29.8 Å². The maximum atomic E-state index is 2.16. The molecule has 0 atom stereocenters. The molecule has 0 heterocycles. The molecule has 0 nitrogen and oxygen atoms in total. The van der Waals surface area contributed by atoms with E-state index in [1.165, 1.54) is 10.5 Å². The maximum Gasteiger partial charge on any atom is 0.0187 e. The van der Waals surface area contributed by atoms with E-state index in [4.69, 9.17) is 0 Å². The molecule has 0 aromatic heterocycles. The molecular weight excluding hydrogens is 164 g/mol. The predicted molar refractivity (Wildman–Crippen MR) is 56.6 cm³/mol. The van der Waals surface area contributed by atoms with Crippen LogP contribution in [-0.2, 0) is 0 Å². The van der Waals surface area contributed by atoms with Crippen molar-refractivity contribution < 1.29 is 0 Å². The lowest BCUT2D eigenvalue weighted by Gasteiger charge is -2.00. The van der Waals surface area contributed by atoms with Crippen molar-refractivity contribution >= 4 is 11.8 Å². The van der Waals surface area contributed by atoms with E-state index in [9.17, 15) is 0 Å². The van der Waals surface area contributed by atoms with E-state index in [2.05, 4.69) is 44.2 Å². The van der Waals surface area contributed by atoms with Crippen LogP contribution in [0.2, 0.25) is 0 Å². The normalized spacial score (nSPS) is 11.7. The van der Waals surface area contributed by atoms with Gasteiger partial charge < -0.3 is 0 Å². The van der Waals surface area contributed by atoms with Crippen molar-refractivity contribution in [1.82, 2.24) is 0 Å². The summed E-state index contributed by atoms with van der Waals surface area (Å²) in [5.41, 5.74) is 1.43. The first-order chi connectivity index (χ1) is 5.83. The quantitative estimate of drug-likeness (QED) is 0.502. The number of hydrogen-bond acceptors (Lipinski definition) is 1. The van der Waals surface area contributed by atoms with Crippen LogP contribution in [0.25, 0.3) is 0 Å². The summed E-state index contributed by atoms with van der Waals surface area (Å²) in [6.07, 6.45) is 2.16. The van der Waals surface area contributed by atoms with Crippen LogP contribution in [0.5, 0.6) is 0 Å². The minimum atomic E-state index is 1.10. The van der Waals surface area contributed by atoms with E-state index in [-0.39, 0.29) is 0 Å². The molecule has 0 saturated carbocycles. The molecule has 1 aromatic carbocycles. The molecule has 0 aliphatic heterocycles. The van der Waals surface area contributed by atoms with Crippen molar-refractivity contribution in [3.8, 4) is 0 Å². The highest BCUT2D eigenvalue weighted by molar-refractivity contribution is 7.99. The summed E-state index contributed by atoms with van der Waals surface area (Å²) in [5, 5.41) is 0. The van der Waals surface area contributed by atoms with Gasteiger partial charge in [-0.15, -0.1) is 11.8 Å². The molecule has 1 aromatic rings. The third-order valence-corrected chi connectivity index (χ3v) is 2.91. The molecule has 0 N–H and O–H groups in total. The molecule has 0 aliphatic carbocycles. The fraction of sp³-hybridized carbons (Fsp3) is 0.273. The standard InChI is InChI=1S/C11H14S/c1-3-10(2)9-12-11-7-5-4-6-8-11/h3-8H,9H2,1-2H3/b10-3+. The minimum absolute atomic E-state index is 1.10. The van der Waals surface area contributed by atoms with Crippen LogP contribution in [0.1, 0.15) is 13.8 Å². The van der Waals surface area contributed by atoms with Crippen LogP contribution in [0, 0.1) is 0 Å². The zero-order chi connectivity index (χ0) is 8.81. The largest absolute Gasteiger partial charge is 0.122 e. The first-order valence-corrected chi connectivity index (χ1v) is 5.11. The minimum Gasteiger partial charge on any atom is -0.122 e. The van der Waals surface area contributed by atoms with E-state index in [0.29, 0.717) is 0 Å².